The Bertz CT molecular complexity index is 1120. The van der Waals surface area contributed by atoms with Crippen LogP contribution in [0.4, 0.5) is 0 Å². The molecule has 1 aromatic heterocycles. The number of sulfonamides is 1. The van der Waals surface area contributed by atoms with Crippen molar-refractivity contribution in [3.05, 3.63) is 59.0 Å². The normalized spacial score (nSPS) is 13.8. The van der Waals surface area contributed by atoms with E-state index in [1.54, 1.807) is 6.92 Å². The summed E-state index contributed by atoms with van der Waals surface area (Å²) < 4.78 is 38.9. The minimum atomic E-state index is -4.08. The van der Waals surface area contributed by atoms with Crippen LogP contribution in [0.5, 0.6) is 5.75 Å². The lowest BCUT2D eigenvalue weighted by atomic mass is 10.1. The van der Waals surface area contributed by atoms with Crippen LogP contribution in [-0.2, 0) is 20.4 Å². The number of aliphatic hydroxyl groups is 1. The Balaban J connectivity index is 1.88. The minimum Gasteiger partial charge on any atom is -0.495 e. The van der Waals surface area contributed by atoms with Gasteiger partial charge in [-0.3, -0.25) is 0 Å². The smallest absolute Gasteiger partial charge is 0.337 e. The van der Waals surface area contributed by atoms with Crippen molar-refractivity contribution >= 4 is 37.4 Å². The van der Waals surface area contributed by atoms with Crippen molar-refractivity contribution in [3.8, 4) is 5.75 Å². The van der Waals surface area contributed by atoms with Crippen LogP contribution in [0.25, 0.3) is 10.1 Å². The Hall–Kier alpha value is -2.46. The molecule has 0 saturated carbocycles. The summed E-state index contributed by atoms with van der Waals surface area (Å²) in [6.45, 7) is 1.29. The van der Waals surface area contributed by atoms with E-state index < -0.39 is 21.6 Å². The van der Waals surface area contributed by atoms with E-state index in [0.717, 1.165) is 10.1 Å². The van der Waals surface area contributed by atoms with E-state index in [9.17, 15) is 18.3 Å². The van der Waals surface area contributed by atoms with Crippen molar-refractivity contribution in [1.82, 2.24) is 4.72 Å². The Morgan fingerprint density at radius 1 is 1.17 bits per heavy atom. The van der Waals surface area contributed by atoms with Gasteiger partial charge >= 0.3 is 5.97 Å². The first kappa shape index (κ1) is 21.3. The van der Waals surface area contributed by atoms with Crippen LogP contribution in [-0.4, -0.2) is 40.3 Å². The highest BCUT2D eigenvalue weighted by atomic mass is 32.2. The fourth-order valence-electron chi connectivity index (χ4n) is 2.78. The predicted octanol–water partition coefficient (Wildman–Crippen LogP) is 2.88. The molecule has 154 valence electrons. The van der Waals surface area contributed by atoms with Gasteiger partial charge in [0.05, 0.1) is 19.8 Å². The van der Waals surface area contributed by atoms with Gasteiger partial charge < -0.3 is 14.6 Å². The third-order valence-corrected chi connectivity index (χ3v) is 7.23. The van der Waals surface area contributed by atoms with E-state index in [1.807, 2.05) is 30.3 Å². The van der Waals surface area contributed by atoms with Crippen molar-refractivity contribution in [2.24, 2.45) is 0 Å². The number of nitrogens with one attached hydrogen (secondary N) is 1. The molecule has 29 heavy (non-hydrogen) atoms. The summed E-state index contributed by atoms with van der Waals surface area (Å²) in [6.07, 6.45) is 0. The molecule has 7 nitrogen and oxygen atoms in total. The summed E-state index contributed by atoms with van der Waals surface area (Å²) in [5.74, 6) is -0.590. The first-order valence-corrected chi connectivity index (χ1v) is 11.0. The van der Waals surface area contributed by atoms with E-state index in [-0.39, 0.29) is 22.8 Å². The summed E-state index contributed by atoms with van der Waals surface area (Å²) >= 11 is 1.40. The molecular formula is C20H21NO6S2. The second-order valence-corrected chi connectivity index (χ2v) is 9.42. The summed E-state index contributed by atoms with van der Waals surface area (Å²) in [5, 5.41) is 11.9. The largest absolute Gasteiger partial charge is 0.495 e. The Labute approximate surface area is 172 Å². The zero-order valence-corrected chi connectivity index (χ0v) is 17.8. The lowest BCUT2D eigenvalue weighted by Gasteiger charge is -2.22. The van der Waals surface area contributed by atoms with Gasteiger partial charge in [0.15, 0.2) is 0 Å². The Morgan fingerprint density at radius 3 is 2.55 bits per heavy atom. The Morgan fingerprint density at radius 2 is 1.90 bits per heavy atom. The third kappa shape index (κ3) is 4.43. The zero-order valence-electron chi connectivity index (χ0n) is 16.1. The summed E-state index contributed by atoms with van der Waals surface area (Å²) in [4.78, 5) is 12.2. The molecule has 1 atom stereocenters. The van der Waals surface area contributed by atoms with Gasteiger partial charge in [-0.25, -0.2) is 17.9 Å². The van der Waals surface area contributed by atoms with Gasteiger partial charge in [-0.1, -0.05) is 18.2 Å². The van der Waals surface area contributed by atoms with Crippen LogP contribution in [0.1, 0.15) is 22.2 Å². The maximum absolute atomic E-state index is 12.9. The van der Waals surface area contributed by atoms with Gasteiger partial charge in [0.2, 0.25) is 10.0 Å². The van der Waals surface area contributed by atoms with Crippen molar-refractivity contribution < 1.29 is 27.8 Å². The van der Waals surface area contributed by atoms with Gasteiger partial charge in [-0.2, -0.15) is 0 Å². The van der Waals surface area contributed by atoms with Crippen molar-refractivity contribution in [2.75, 3.05) is 20.8 Å². The maximum Gasteiger partial charge on any atom is 0.337 e. The molecule has 0 saturated heterocycles. The quantitative estimate of drug-likeness (QED) is 0.554. The molecule has 0 radical (unpaired) electrons. The number of hydrogen-bond acceptors (Lipinski definition) is 7. The molecule has 3 rings (SSSR count). The minimum absolute atomic E-state index is 0.0740. The number of benzene rings is 2. The molecule has 0 aliphatic carbocycles. The molecule has 0 aliphatic heterocycles. The number of hydrogen-bond donors (Lipinski definition) is 2. The lowest BCUT2D eigenvalue weighted by molar-refractivity contribution is 0.0599. The summed E-state index contributed by atoms with van der Waals surface area (Å²) in [6, 6.07) is 13.5. The van der Waals surface area contributed by atoms with E-state index in [1.165, 1.54) is 43.8 Å². The van der Waals surface area contributed by atoms with E-state index in [4.69, 9.17) is 4.74 Å². The molecule has 0 spiro atoms. The van der Waals surface area contributed by atoms with Crippen LogP contribution >= 0.6 is 11.3 Å². The number of thiophene rings is 1. The highest BCUT2D eigenvalue weighted by molar-refractivity contribution is 7.89. The highest BCUT2D eigenvalue weighted by Crippen LogP contribution is 2.33. The van der Waals surface area contributed by atoms with Crippen molar-refractivity contribution in [3.63, 3.8) is 0 Å². The predicted molar refractivity (Wildman–Crippen MR) is 111 cm³/mol. The fourth-order valence-corrected chi connectivity index (χ4v) is 5.21. The molecule has 0 aliphatic rings. The number of fused-ring (bicyclic) bond motifs is 1. The number of ether oxygens (including phenoxy) is 2. The number of esters is 1. The van der Waals surface area contributed by atoms with Gasteiger partial charge in [-0.15, -0.1) is 11.3 Å². The molecule has 0 fully saturated rings. The topological polar surface area (TPSA) is 102 Å². The molecule has 0 bridgehead atoms. The molecule has 3 aromatic rings. The van der Waals surface area contributed by atoms with Gasteiger partial charge in [0.1, 0.15) is 16.2 Å². The van der Waals surface area contributed by atoms with Crippen LogP contribution in [0.15, 0.2) is 53.4 Å². The van der Waals surface area contributed by atoms with Crippen molar-refractivity contribution in [2.45, 2.75) is 17.4 Å². The average Bonchev–Trinajstić information content (AvgIpc) is 3.16. The number of carbonyl (C=O) groups excluding carboxylic acids is 1. The lowest BCUT2D eigenvalue weighted by Crippen LogP contribution is -2.38. The number of carbonyl (C=O) groups is 1. The SMILES string of the molecule is COC(=O)c1ccc(OC)c(S(=O)(=O)NCC(C)(O)c2cc3ccccc3s2)c1. The molecule has 2 N–H and O–H groups in total. The first-order chi connectivity index (χ1) is 13.7. The monoisotopic (exact) mass is 435 g/mol. The zero-order chi connectivity index (χ0) is 21.2. The second kappa shape index (κ2) is 8.11. The highest BCUT2D eigenvalue weighted by Gasteiger charge is 2.30. The third-order valence-electron chi connectivity index (χ3n) is 4.44. The molecule has 9 heteroatoms. The molecule has 2 aromatic carbocycles. The van der Waals surface area contributed by atoms with Crippen LogP contribution in [0, 0.1) is 0 Å². The maximum atomic E-state index is 12.9. The van der Waals surface area contributed by atoms with Crippen molar-refractivity contribution in [1.29, 1.82) is 0 Å². The summed E-state index contributed by atoms with van der Waals surface area (Å²) in [7, 11) is -1.53. The van der Waals surface area contributed by atoms with E-state index in [2.05, 4.69) is 9.46 Å². The molecular weight excluding hydrogens is 414 g/mol. The van der Waals surface area contributed by atoms with Crippen LogP contribution < -0.4 is 9.46 Å². The average molecular weight is 436 g/mol. The van der Waals surface area contributed by atoms with E-state index >= 15 is 0 Å². The first-order valence-electron chi connectivity index (χ1n) is 8.65. The van der Waals surface area contributed by atoms with Crippen LogP contribution in [0.3, 0.4) is 0 Å². The van der Waals surface area contributed by atoms with Crippen LogP contribution in [0.2, 0.25) is 0 Å². The van der Waals surface area contributed by atoms with E-state index in [0.29, 0.717) is 4.88 Å². The number of rotatable bonds is 7. The standard InChI is InChI=1S/C20H21NO6S2/c1-20(23,18-11-13-6-4-5-7-16(13)28-18)12-21-29(24,25)17-10-14(19(22)27-3)8-9-15(17)26-2/h4-11,21,23H,12H2,1-3H3. The van der Waals surface area contributed by atoms with Gasteiger partial charge in [-0.05, 0) is 42.6 Å². The summed E-state index contributed by atoms with van der Waals surface area (Å²) in [5.41, 5.74) is -1.35. The fraction of sp³-hybridized carbons (Fsp3) is 0.250. The molecule has 0 amide bonds. The molecule has 1 heterocycles. The Kier molecular flexibility index (Phi) is 5.95. The van der Waals surface area contributed by atoms with Gasteiger partial charge in [0, 0.05) is 16.1 Å². The molecule has 1 unspecified atom stereocenters. The van der Waals surface area contributed by atoms with Gasteiger partial charge in [0.25, 0.3) is 0 Å². The number of methoxy groups -OCH3 is 2. The second-order valence-electron chi connectivity index (χ2n) is 6.60.